The van der Waals surface area contributed by atoms with Crippen LogP contribution < -0.4 is 0 Å². The molecule has 0 nitrogen and oxygen atoms in total. The number of halogens is 3. The minimum Gasteiger partial charge on any atom is -0.0902 e. The molecule has 0 saturated carbocycles. The number of hydrogen-bond donors (Lipinski definition) is 0. The zero-order chi connectivity index (χ0) is 6.62. The zero-order valence-electron chi connectivity index (χ0n) is 4.16. The zero-order valence-corrected chi connectivity index (χ0v) is 8.06. The summed E-state index contributed by atoms with van der Waals surface area (Å²) in [7, 11) is 2.78. The third-order valence-corrected chi connectivity index (χ3v) is 4.14. The minimum atomic E-state index is -1.15. The van der Waals surface area contributed by atoms with E-state index in [1.165, 1.54) is 21.6 Å². The fourth-order valence-corrected chi connectivity index (χ4v) is 2.33. The topological polar surface area (TPSA) is 0 Å². The molecule has 0 aliphatic rings. The van der Waals surface area contributed by atoms with Gasteiger partial charge in [-0.25, -0.2) is 0 Å². The normalized spacial score (nSPS) is 12.0. The Morgan fingerprint density at radius 2 is 1.88 bits per heavy atom. The van der Waals surface area contributed by atoms with Crippen LogP contribution in [-0.4, -0.2) is 8.88 Å². The maximum atomic E-state index is 5.38. The Morgan fingerprint density at radius 3 is 2.00 bits per heavy atom. The molecule has 0 atom stereocenters. The third-order valence-electron chi connectivity index (χ3n) is 0.271. The Kier molecular flexibility index (Phi) is 5.26. The summed E-state index contributed by atoms with van der Waals surface area (Å²) in [6.07, 6.45) is 0. The lowest BCUT2D eigenvalue weighted by Crippen LogP contribution is -1.88. The van der Waals surface area contributed by atoms with Gasteiger partial charge in [0.25, 0.3) is 0 Å². The Hall–Kier alpha value is 1.57. The van der Waals surface area contributed by atoms with Crippen LogP contribution in [0.25, 0.3) is 0 Å². The summed E-state index contributed by atoms with van der Waals surface area (Å²) in [5.41, 5.74) is 0. The van der Waals surface area contributed by atoms with Crippen LogP contribution in [-0.2, 0) is 0 Å². The first kappa shape index (κ1) is 9.57. The van der Waals surface area contributed by atoms with Crippen molar-refractivity contribution in [1.82, 2.24) is 0 Å². The number of hydrogen-bond acceptors (Lipinski definition) is 2. The van der Waals surface area contributed by atoms with Gasteiger partial charge < -0.3 is 0 Å². The van der Waals surface area contributed by atoms with E-state index < -0.39 is 3.12 Å². The van der Waals surface area contributed by atoms with Crippen molar-refractivity contribution in [1.29, 1.82) is 0 Å². The molecule has 5 heteroatoms. The van der Waals surface area contributed by atoms with Gasteiger partial charge in [0, 0.05) is 5.75 Å². The van der Waals surface area contributed by atoms with Gasteiger partial charge in [-0.3, -0.25) is 0 Å². The van der Waals surface area contributed by atoms with Crippen LogP contribution in [0.2, 0.25) is 0 Å². The van der Waals surface area contributed by atoms with Crippen molar-refractivity contribution in [2.45, 2.75) is 10.0 Å². The van der Waals surface area contributed by atoms with E-state index in [2.05, 4.69) is 0 Å². The van der Waals surface area contributed by atoms with E-state index in [9.17, 15) is 0 Å². The summed E-state index contributed by atoms with van der Waals surface area (Å²) in [5, 5.41) is 0. The Morgan fingerprint density at radius 1 is 1.38 bits per heavy atom. The largest absolute Gasteiger partial charge is 0.247 e. The van der Waals surface area contributed by atoms with Crippen LogP contribution in [0.5, 0.6) is 0 Å². The molecule has 0 aromatic carbocycles. The lowest BCUT2D eigenvalue weighted by Gasteiger charge is -2.05. The van der Waals surface area contributed by atoms with Crippen molar-refractivity contribution < 1.29 is 0 Å². The van der Waals surface area contributed by atoms with E-state index in [1.54, 1.807) is 0 Å². The summed E-state index contributed by atoms with van der Waals surface area (Å²) in [6, 6.07) is 0. The van der Waals surface area contributed by atoms with Crippen molar-refractivity contribution in [3.8, 4) is 0 Å². The molecule has 0 spiro atoms. The molecule has 0 saturated heterocycles. The highest BCUT2D eigenvalue weighted by Crippen LogP contribution is 2.45. The highest BCUT2D eigenvalue weighted by Gasteiger charge is 2.19. The van der Waals surface area contributed by atoms with Crippen molar-refractivity contribution in [2.24, 2.45) is 0 Å². The van der Waals surface area contributed by atoms with Gasteiger partial charge in [-0.15, -0.1) is 0 Å². The average molecular weight is 212 g/mol. The van der Waals surface area contributed by atoms with Gasteiger partial charge >= 0.3 is 0 Å². The Labute approximate surface area is 72.0 Å². The first-order chi connectivity index (χ1) is 3.56. The van der Waals surface area contributed by atoms with Crippen molar-refractivity contribution in [3.05, 3.63) is 0 Å². The van der Waals surface area contributed by atoms with Crippen LogP contribution in [0.1, 0.15) is 6.92 Å². The predicted molar refractivity (Wildman–Crippen MR) is 46.0 cm³/mol. The van der Waals surface area contributed by atoms with Crippen molar-refractivity contribution >= 4 is 56.4 Å². The quantitative estimate of drug-likeness (QED) is 0.504. The lowest BCUT2D eigenvalue weighted by molar-refractivity contribution is 1.54. The van der Waals surface area contributed by atoms with Crippen LogP contribution in [0.4, 0.5) is 0 Å². The smallest absolute Gasteiger partial charge is 0.0902 e. The summed E-state index contributed by atoms with van der Waals surface area (Å²) in [4.78, 5) is 0. The molecule has 0 amide bonds. The molecule has 8 heavy (non-hydrogen) atoms. The van der Waals surface area contributed by atoms with E-state index >= 15 is 0 Å². The van der Waals surface area contributed by atoms with E-state index in [0.717, 1.165) is 5.75 Å². The highest BCUT2D eigenvalue weighted by atomic mass is 35.6. The second-order valence-electron chi connectivity index (χ2n) is 0.936. The predicted octanol–water partition coefficient (Wildman–Crippen LogP) is 3.72. The van der Waals surface area contributed by atoms with E-state index in [4.69, 9.17) is 34.8 Å². The van der Waals surface area contributed by atoms with E-state index in [-0.39, 0.29) is 0 Å². The second kappa shape index (κ2) is 4.40. The van der Waals surface area contributed by atoms with Crippen LogP contribution >= 0.6 is 56.4 Å². The Bertz CT molecular complexity index is 60.0. The van der Waals surface area contributed by atoms with E-state index in [0.29, 0.717) is 0 Å². The summed E-state index contributed by atoms with van der Waals surface area (Å²) >= 11 is 16.2. The minimum absolute atomic E-state index is 0.957. The number of rotatable bonds is 2. The second-order valence-corrected chi connectivity index (χ2v) is 6.69. The molecule has 0 aromatic rings. The fourth-order valence-electron chi connectivity index (χ4n) is 0.126. The van der Waals surface area contributed by atoms with Crippen LogP contribution in [0.15, 0.2) is 0 Å². The molecule has 0 aromatic heterocycles. The van der Waals surface area contributed by atoms with Crippen LogP contribution in [0, 0.1) is 0 Å². The first-order valence-corrected chi connectivity index (χ1v) is 5.39. The summed E-state index contributed by atoms with van der Waals surface area (Å²) in [6.45, 7) is 2.01. The Balaban J connectivity index is 3.11. The molecule has 0 bridgehead atoms. The molecule has 0 rings (SSSR count). The van der Waals surface area contributed by atoms with Gasteiger partial charge in [-0.05, 0) is 10.8 Å². The SMILES string of the molecule is CCSSC(Cl)(Cl)Cl. The maximum absolute atomic E-state index is 5.38. The number of alkyl halides is 3. The van der Waals surface area contributed by atoms with Gasteiger partial charge in [0.1, 0.15) is 0 Å². The molecule has 0 radical (unpaired) electrons. The standard InChI is InChI=1S/C3H5Cl3S2/c1-2-7-8-3(4,5)6/h2H2,1H3. The van der Waals surface area contributed by atoms with Crippen molar-refractivity contribution in [3.63, 3.8) is 0 Å². The molecular formula is C3H5Cl3S2. The van der Waals surface area contributed by atoms with Gasteiger partial charge in [0.15, 0.2) is 0 Å². The molecule has 0 fully saturated rings. The molecule has 0 unspecified atom stereocenters. The van der Waals surface area contributed by atoms with E-state index in [1.807, 2.05) is 6.92 Å². The average Bonchev–Trinajstić information content (AvgIpc) is 1.59. The third kappa shape index (κ3) is 7.57. The van der Waals surface area contributed by atoms with Crippen molar-refractivity contribution in [2.75, 3.05) is 5.75 Å². The molecule has 0 N–H and O–H groups in total. The molecule has 0 aliphatic heterocycles. The van der Waals surface area contributed by atoms with Gasteiger partial charge in [-0.2, -0.15) is 0 Å². The molecule has 0 heterocycles. The highest BCUT2D eigenvalue weighted by molar-refractivity contribution is 8.78. The first-order valence-electron chi connectivity index (χ1n) is 1.93. The monoisotopic (exact) mass is 210 g/mol. The lowest BCUT2D eigenvalue weighted by atomic mass is 11.0. The fraction of sp³-hybridized carbons (Fsp3) is 1.00. The van der Waals surface area contributed by atoms with Gasteiger partial charge in [0.05, 0.1) is 0 Å². The molecule has 0 aliphatic carbocycles. The maximum Gasteiger partial charge on any atom is 0.247 e. The summed E-state index contributed by atoms with van der Waals surface area (Å²) in [5.74, 6) is 0.957. The van der Waals surface area contributed by atoms with Gasteiger partial charge in [0.2, 0.25) is 3.12 Å². The van der Waals surface area contributed by atoms with Crippen LogP contribution in [0.3, 0.4) is 0 Å². The summed E-state index contributed by atoms with van der Waals surface area (Å²) < 4.78 is -1.15. The molecular weight excluding hydrogens is 207 g/mol. The molecule has 50 valence electrons. The van der Waals surface area contributed by atoms with Gasteiger partial charge in [-0.1, -0.05) is 52.5 Å².